The summed E-state index contributed by atoms with van der Waals surface area (Å²) in [5.74, 6) is 0.943. The summed E-state index contributed by atoms with van der Waals surface area (Å²) in [6, 6.07) is 8.24. The van der Waals surface area contributed by atoms with Crippen molar-refractivity contribution in [3.63, 3.8) is 0 Å². The second kappa shape index (κ2) is 4.94. The normalized spacial score (nSPS) is 10.6. The van der Waals surface area contributed by atoms with E-state index in [1.54, 1.807) is 7.11 Å². The summed E-state index contributed by atoms with van der Waals surface area (Å²) in [5.41, 5.74) is 1.20. The van der Waals surface area contributed by atoms with Crippen molar-refractivity contribution in [2.75, 3.05) is 19.0 Å². The molecule has 0 bridgehead atoms. The maximum atomic E-state index is 5.20. The lowest BCUT2D eigenvalue weighted by atomic mass is 10.1. The molecule has 0 amide bonds. The molecule has 1 aromatic heterocycles. The maximum Gasteiger partial charge on any atom is 0.133 e. The van der Waals surface area contributed by atoms with Crippen LogP contribution >= 0.6 is 0 Å². The van der Waals surface area contributed by atoms with E-state index in [1.807, 2.05) is 18.3 Å². The summed E-state index contributed by atoms with van der Waals surface area (Å²) in [6.45, 7) is 3.58. The van der Waals surface area contributed by atoms with Crippen LogP contribution in [0.5, 0.6) is 0 Å². The van der Waals surface area contributed by atoms with E-state index in [4.69, 9.17) is 4.74 Å². The van der Waals surface area contributed by atoms with Crippen LogP contribution in [0.25, 0.3) is 10.8 Å². The number of benzene rings is 1. The third-order valence-electron chi connectivity index (χ3n) is 2.54. The first-order valence-electron chi connectivity index (χ1n) is 5.46. The molecule has 3 heteroatoms. The van der Waals surface area contributed by atoms with E-state index in [1.165, 1.54) is 10.9 Å². The van der Waals surface area contributed by atoms with Crippen LogP contribution in [-0.4, -0.2) is 18.6 Å². The SMILES string of the molecule is CCNc1nccc2c(COC)cccc12. The highest BCUT2D eigenvalue weighted by molar-refractivity contribution is 5.93. The smallest absolute Gasteiger partial charge is 0.133 e. The van der Waals surface area contributed by atoms with Crippen LogP contribution in [0.2, 0.25) is 0 Å². The molecule has 0 unspecified atom stereocenters. The molecule has 0 aliphatic carbocycles. The molecule has 0 aliphatic heterocycles. The Morgan fingerprint density at radius 3 is 2.88 bits per heavy atom. The van der Waals surface area contributed by atoms with Crippen LogP contribution in [0.3, 0.4) is 0 Å². The molecule has 2 rings (SSSR count). The number of nitrogens with one attached hydrogen (secondary N) is 1. The summed E-state index contributed by atoms with van der Waals surface area (Å²) >= 11 is 0. The van der Waals surface area contributed by atoms with E-state index in [9.17, 15) is 0 Å². The molecule has 84 valence electrons. The Morgan fingerprint density at radius 1 is 1.25 bits per heavy atom. The number of pyridine rings is 1. The number of hydrogen-bond donors (Lipinski definition) is 1. The summed E-state index contributed by atoms with van der Waals surface area (Å²) in [4.78, 5) is 4.35. The fraction of sp³-hybridized carbons (Fsp3) is 0.308. The minimum absolute atomic E-state index is 0.632. The van der Waals surface area contributed by atoms with Gasteiger partial charge in [0.15, 0.2) is 0 Å². The van der Waals surface area contributed by atoms with Gasteiger partial charge in [-0.25, -0.2) is 4.98 Å². The monoisotopic (exact) mass is 216 g/mol. The van der Waals surface area contributed by atoms with Gasteiger partial charge in [0.05, 0.1) is 6.61 Å². The lowest BCUT2D eigenvalue weighted by molar-refractivity contribution is 0.186. The van der Waals surface area contributed by atoms with Crippen molar-refractivity contribution in [3.8, 4) is 0 Å². The number of hydrogen-bond acceptors (Lipinski definition) is 3. The Hall–Kier alpha value is -1.61. The van der Waals surface area contributed by atoms with Gasteiger partial charge in [-0.15, -0.1) is 0 Å². The molecule has 0 radical (unpaired) electrons. The molecule has 0 fully saturated rings. The molecule has 0 atom stereocenters. The van der Waals surface area contributed by atoms with Crippen molar-refractivity contribution in [1.82, 2.24) is 4.98 Å². The Balaban J connectivity index is 2.57. The van der Waals surface area contributed by atoms with Gasteiger partial charge in [0.25, 0.3) is 0 Å². The molecule has 2 aromatic rings. The van der Waals surface area contributed by atoms with Gasteiger partial charge in [-0.05, 0) is 23.9 Å². The minimum atomic E-state index is 0.632. The van der Waals surface area contributed by atoms with Crippen LogP contribution in [0.1, 0.15) is 12.5 Å². The zero-order valence-electron chi connectivity index (χ0n) is 9.66. The fourth-order valence-electron chi connectivity index (χ4n) is 1.86. The Kier molecular flexibility index (Phi) is 3.37. The Morgan fingerprint density at radius 2 is 2.12 bits per heavy atom. The third-order valence-corrected chi connectivity index (χ3v) is 2.54. The number of rotatable bonds is 4. The highest BCUT2D eigenvalue weighted by Gasteiger charge is 2.04. The summed E-state index contributed by atoms with van der Waals surface area (Å²) in [5, 5.41) is 5.62. The van der Waals surface area contributed by atoms with Gasteiger partial charge < -0.3 is 10.1 Å². The fourth-order valence-corrected chi connectivity index (χ4v) is 1.86. The van der Waals surface area contributed by atoms with Crippen LogP contribution in [0.4, 0.5) is 5.82 Å². The molecule has 1 aromatic carbocycles. The van der Waals surface area contributed by atoms with Gasteiger partial charge in [0, 0.05) is 25.2 Å². The molecule has 1 N–H and O–H groups in total. The lowest BCUT2D eigenvalue weighted by Gasteiger charge is -2.09. The topological polar surface area (TPSA) is 34.2 Å². The van der Waals surface area contributed by atoms with Gasteiger partial charge in [0.2, 0.25) is 0 Å². The average molecular weight is 216 g/mol. The largest absolute Gasteiger partial charge is 0.380 e. The zero-order valence-corrected chi connectivity index (χ0v) is 9.66. The number of nitrogens with zero attached hydrogens (tertiary/aromatic N) is 1. The van der Waals surface area contributed by atoms with E-state index >= 15 is 0 Å². The van der Waals surface area contributed by atoms with Crippen molar-refractivity contribution in [1.29, 1.82) is 0 Å². The highest BCUT2D eigenvalue weighted by Crippen LogP contribution is 2.24. The first-order chi connectivity index (χ1) is 7.86. The van der Waals surface area contributed by atoms with Crippen LogP contribution in [0.15, 0.2) is 30.5 Å². The number of fused-ring (bicyclic) bond motifs is 1. The standard InChI is InChI=1S/C13H16N2O/c1-3-14-13-12-6-4-5-10(9-16-2)11(12)7-8-15-13/h4-8H,3,9H2,1-2H3,(H,14,15). The Labute approximate surface area is 95.5 Å². The van der Waals surface area contributed by atoms with Gasteiger partial charge in [0.1, 0.15) is 5.82 Å². The number of ether oxygens (including phenoxy) is 1. The first-order valence-corrected chi connectivity index (χ1v) is 5.46. The van der Waals surface area contributed by atoms with Crippen molar-refractivity contribution < 1.29 is 4.74 Å². The Bertz CT molecular complexity index is 437. The maximum absolute atomic E-state index is 5.20. The number of aromatic nitrogens is 1. The van der Waals surface area contributed by atoms with E-state index in [0.717, 1.165) is 17.7 Å². The van der Waals surface area contributed by atoms with Crippen LogP contribution in [-0.2, 0) is 11.3 Å². The molecule has 1 heterocycles. The molecular formula is C13H16N2O. The van der Waals surface area contributed by atoms with Gasteiger partial charge in [-0.2, -0.15) is 0 Å². The first kappa shape index (κ1) is 10.9. The van der Waals surface area contributed by atoms with E-state index < -0.39 is 0 Å². The molecule has 3 nitrogen and oxygen atoms in total. The van der Waals surface area contributed by atoms with Crippen molar-refractivity contribution >= 4 is 16.6 Å². The molecule has 0 saturated heterocycles. The highest BCUT2D eigenvalue weighted by atomic mass is 16.5. The average Bonchev–Trinajstić information content (AvgIpc) is 2.31. The summed E-state index contributed by atoms with van der Waals surface area (Å²) in [6.07, 6.45) is 1.83. The van der Waals surface area contributed by atoms with Crippen LogP contribution in [0, 0.1) is 0 Å². The molecule has 0 spiro atoms. The third kappa shape index (κ3) is 1.99. The molecule has 16 heavy (non-hydrogen) atoms. The van der Waals surface area contributed by atoms with E-state index in [0.29, 0.717) is 6.61 Å². The molecule has 0 saturated carbocycles. The molecule has 0 aliphatic rings. The predicted octanol–water partition coefficient (Wildman–Crippen LogP) is 2.81. The quantitative estimate of drug-likeness (QED) is 0.853. The van der Waals surface area contributed by atoms with Gasteiger partial charge in [-0.3, -0.25) is 0 Å². The van der Waals surface area contributed by atoms with Crippen molar-refractivity contribution in [2.24, 2.45) is 0 Å². The predicted molar refractivity (Wildman–Crippen MR) is 66.6 cm³/mol. The van der Waals surface area contributed by atoms with Crippen molar-refractivity contribution in [2.45, 2.75) is 13.5 Å². The number of anilines is 1. The van der Waals surface area contributed by atoms with E-state index in [-0.39, 0.29) is 0 Å². The van der Waals surface area contributed by atoms with Crippen LogP contribution < -0.4 is 5.32 Å². The molecular weight excluding hydrogens is 200 g/mol. The zero-order chi connectivity index (χ0) is 11.4. The summed E-state index contributed by atoms with van der Waals surface area (Å²) in [7, 11) is 1.71. The second-order valence-corrected chi connectivity index (χ2v) is 3.64. The van der Waals surface area contributed by atoms with Gasteiger partial charge >= 0.3 is 0 Å². The van der Waals surface area contributed by atoms with E-state index in [2.05, 4.69) is 29.4 Å². The minimum Gasteiger partial charge on any atom is -0.380 e. The summed E-state index contributed by atoms with van der Waals surface area (Å²) < 4.78 is 5.20. The van der Waals surface area contributed by atoms with Gasteiger partial charge in [-0.1, -0.05) is 18.2 Å². The number of methoxy groups -OCH3 is 1. The second-order valence-electron chi connectivity index (χ2n) is 3.64. The lowest BCUT2D eigenvalue weighted by Crippen LogP contribution is -2.00. The van der Waals surface area contributed by atoms with Crippen molar-refractivity contribution in [3.05, 3.63) is 36.0 Å².